The average Bonchev–Trinajstić information content (AvgIpc) is 3.56. The van der Waals surface area contributed by atoms with E-state index < -0.39 is 33.7 Å². The van der Waals surface area contributed by atoms with Crippen LogP contribution in [0.1, 0.15) is 66.0 Å². The van der Waals surface area contributed by atoms with Gasteiger partial charge in [0.2, 0.25) is 11.9 Å². The zero-order valence-electron chi connectivity index (χ0n) is 28.5. The highest BCUT2D eigenvalue weighted by atomic mass is 32.2. The summed E-state index contributed by atoms with van der Waals surface area (Å²) >= 11 is 0. The van der Waals surface area contributed by atoms with Gasteiger partial charge in [-0.05, 0) is 86.4 Å². The minimum Gasteiger partial charge on any atom is -0.487 e. The average molecular weight is 686 g/mol. The molecular weight excluding hydrogens is 643 g/mol. The van der Waals surface area contributed by atoms with E-state index in [1.165, 1.54) is 0 Å². The number of nitrogens with zero attached hydrogens (tertiary/aromatic N) is 1. The molecule has 2 amide bonds. The van der Waals surface area contributed by atoms with Crippen LogP contribution in [-0.2, 0) is 26.0 Å². The fraction of sp³-hybridized carbons (Fsp3) is 0.378. The summed E-state index contributed by atoms with van der Waals surface area (Å²) in [5.74, 6) is 2.18. The van der Waals surface area contributed by atoms with E-state index in [0.717, 1.165) is 39.1 Å². The van der Waals surface area contributed by atoms with Crippen molar-refractivity contribution < 1.29 is 27.5 Å². The molecule has 0 bridgehead atoms. The molecule has 12 heteroatoms. The van der Waals surface area contributed by atoms with Crippen molar-refractivity contribution in [3.8, 4) is 29.2 Å². The predicted molar refractivity (Wildman–Crippen MR) is 189 cm³/mol. The van der Waals surface area contributed by atoms with E-state index in [9.17, 15) is 18.0 Å². The lowest BCUT2D eigenvalue weighted by molar-refractivity contribution is -0.123. The Labute approximate surface area is 288 Å². The van der Waals surface area contributed by atoms with Crippen LogP contribution in [0.15, 0.2) is 58.4 Å². The maximum Gasteiger partial charge on any atom is 0.407 e. The van der Waals surface area contributed by atoms with Crippen molar-refractivity contribution in [1.29, 1.82) is 0 Å². The largest absolute Gasteiger partial charge is 0.487 e. The second kappa shape index (κ2) is 14.2. The highest BCUT2D eigenvalue weighted by Gasteiger charge is 2.37. The van der Waals surface area contributed by atoms with Crippen molar-refractivity contribution in [2.45, 2.75) is 76.3 Å². The first kappa shape index (κ1) is 35.3. The van der Waals surface area contributed by atoms with Crippen LogP contribution in [0.2, 0.25) is 0 Å². The Kier molecular flexibility index (Phi) is 10.2. The summed E-state index contributed by atoms with van der Waals surface area (Å²) in [6.07, 6.45) is 5.62. The second-order valence-electron chi connectivity index (χ2n) is 13.0. The quantitative estimate of drug-likeness (QED) is 0.101. The topological polar surface area (TPSA) is 161 Å². The van der Waals surface area contributed by atoms with Gasteiger partial charge in [-0.15, -0.1) is 6.42 Å². The lowest BCUT2D eigenvalue weighted by Crippen LogP contribution is -2.47. The smallest absolute Gasteiger partial charge is 0.407 e. The van der Waals surface area contributed by atoms with E-state index in [1.807, 2.05) is 69.3 Å². The molecule has 3 aromatic rings. The Morgan fingerprint density at radius 1 is 1.06 bits per heavy atom. The minimum absolute atomic E-state index is 0.0147. The molecule has 5 N–H and O–H groups in total. The maximum atomic E-state index is 13.5. The monoisotopic (exact) mass is 685 g/mol. The summed E-state index contributed by atoms with van der Waals surface area (Å²) in [6, 6.07) is 15.0. The first-order chi connectivity index (χ1) is 23.2. The predicted octanol–water partition coefficient (Wildman–Crippen LogP) is 4.36. The number of sulfonamides is 1. The van der Waals surface area contributed by atoms with Gasteiger partial charge in [-0.1, -0.05) is 54.5 Å². The number of carbonyl (C=O) groups is 2. The minimum atomic E-state index is -4.06. The molecule has 0 saturated carbocycles. The van der Waals surface area contributed by atoms with Gasteiger partial charge < -0.3 is 25.8 Å². The number of ether oxygens (including phenoxy) is 2. The molecule has 0 unspecified atom stereocenters. The van der Waals surface area contributed by atoms with Crippen molar-refractivity contribution in [3.05, 3.63) is 81.9 Å². The van der Waals surface area contributed by atoms with Gasteiger partial charge in [-0.25, -0.2) is 17.9 Å². The number of aliphatic imine (C=N–C) groups is 1. The molecule has 2 aliphatic rings. The molecular formula is C37H43N5O6S. The normalized spacial score (nSPS) is 15.2. The second-order valence-corrected chi connectivity index (χ2v) is 14.6. The Hall–Kier alpha value is -5.02. The van der Waals surface area contributed by atoms with Crippen molar-refractivity contribution in [3.63, 3.8) is 0 Å². The molecule has 11 nitrogen and oxygen atoms in total. The molecule has 1 aliphatic heterocycles. The van der Waals surface area contributed by atoms with E-state index in [2.05, 4.69) is 26.3 Å². The Morgan fingerprint density at radius 2 is 1.69 bits per heavy atom. The number of nitrogens with one attached hydrogen (secondary N) is 3. The third kappa shape index (κ3) is 7.52. The van der Waals surface area contributed by atoms with Gasteiger partial charge in [0, 0.05) is 24.4 Å². The molecule has 5 rings (SSSR count). The van der Waals surface area contributed by atoms with E-state index in [4.69, 9.17) is 21.6 Å². The Morgan fingerprint density at radius 3 is 2.33 bits per heavy atom. The van der Waals surface area contributed by atoms with Crippen LogP contribution in [0.25, 0.3) is 11.1 Å². The van der Waals surface area contributed by atoms with Crippen LogP contribution in [-0.4, -0.2) is 57.7 Å². The molecule has 0 radical (unpaired) electrons. The number of alkyl carbamates (subject to hydrolysis) is 1. The fourth-order valence-electron chi connectivity index (χ4n) is 6.68. The van der Waals surface area contributed by atoms with E-state index in [1.54, 1.807) is 13.8 Å². The number of terminal acetylenes is 1. The summed E-state index contributed by atoms with van der Waals surface area (Å²) < 4.78 is 41.1. The summed E-state index contributed by atoms with van der Waals surface area (Å²) in [5.41, 5.74) is 12.8. The van der Waals surface area contributed by atoms with Gasteiger partial charge in [0.25, 0.3) is 10.0 Å². The van der Waals surface area contributed by atoms with Crippen LogP contribution in [0, 0.1) is 33.1 Å². The van der Waals surface area contributed by atoms with Gasteiger partial charge in [0.1, 0.15) is 24.0 Å². The molecule has 0 aromatic heterocycles. The summed E-state index contributed by atoms with van der Waals surface area (Å²) in [4.78, 5) is 30.2. The van der Waals surface area contributed by atoms with Gasteiger partial charge in [-0.2, -0.15) is 0 Å². The molecule has 1 heterocycles. The SMILES string of the molecule is C#CCNC(=O)[C@H](CCCN=C(N)NS(=O)(=O)c1c(C)c(C)c2c(c1C)CC(C)(C)O2)NC(=O)OCC1c2ccccc2-c2ccccc21. The summed E-state index contributed by atoms with van der Waals surface area (Å²) in [6.45, 7) is 9.46. The molecule has 3 aromatic carbocycles. The molecule has 49 heavy (non-hydrogen) atoms. The summed E-state index contributed by atoms with van der Waals surface area (Å²) in [5, 5.41) is 5.24. The molecule has 0 spiro atoms. The number of rotatable bonds is 11. The number of nitrogens with two attached hydrogens (primary N) is 1. The highest BCUT2D eigenvalue weighted by molar-refractivity contribution is 7.90. The van der Waals surface area contributed by atoms with Crippen molar-refractivity contribution in [1.82, 2.24) is 15.4 Å². The van der Waals surface area contributed by atoms with Crippen molar-refractivity contribution in [2.75, 3.05) is 19.7 Å². The van der Waals surface area contributed by atoms with Crippen LogP contribution >= 0.6 is 0 Å². The standard InChI is InChI=1S/C37H43N5O6S/c1-7-18-39-34(43)31(41-36(44)47-21-30-27-15-10-8-13-25(27)26-14-9-11-16-28(26)30)17-12-19-40-35(38)42-49(45,46)33-23(3)22(2)32-29(24(33)4)20-37(5,6)48-32/h1,8-11,13-16,30-31H,12,17-21H2,2-6H3,(H,39,43)(H,41,44)(H3,38,40,42)/t31-/m0/s1. The van der Waals surface area contributed by atoms with Crippen LogP contribution in [0.5, 0.6) is 5.75 Å². The number of benzene rings is 3. The Bertz CT molecular complexity index is 1920. The molecule has 0 fully saturated rings. The highest BCUT2D eigenvalue weighted by Crippen LogP contribution is 2.45. The lowest BCUT2D eigenvalue weighted by Gasteiger charge is -2.19. The zero-order valence-corrected chi connectivity index (χ0v) is 29.3. The van der Waals surface area contributed by atoms with E-state index in [-0.39, 0.29) is 42.9 Å². The van der Waals surface area contributed by atoms with Crippen LogP contribution in [0.4, 0.5) is 4.79 Å². The molecule has 258 valence electrons. The molecule has 1 aliphatic carbocycles. The molecule has 0 saturated heterocycles. The number of guanidine groups is 1. The van der Waals surface area contributed by atoms with Crippen LogP contribution < -0.4 is 25.8 Å². The third-order valence-electron chi connectivity index (χ3n) is 9.05. The van der Waals surface area contributed by atoms with E-state index >= 15 is 0 Å². The summed E-state index contributed by atoms with van der Waals surface area (Å²) in [7, 11) is -4.06. The number of amides is 2. The number of hydrogen-bond acceptors (Lipinski definition) is 7. The van der Waals surface area contributed by atoms with Gasteiger partial charge in [0.05, 0.1) is 11.4 Å². The number of carbonyl (C=O) groups excluding carboxylic acids is 2. The van der Waals surface area contributed by atoms with Crippen molar-refractivity contribution in [2.24, 2.45) is 10.7 Å². The first-order valence-electron chi connectivity index (χ1n) is 16.2. The maximum absolute atomic E-state index is 13.5. The molecule has 1 atom stereocenters. The van der Waals surface area contributed by atoms with Gasteiger partial charge in [0.15, 0.2) is 0 Å². The number of fused-ring (bicyclic) bond motifs is 4. The third-order valence-corrected chi connectivity index (χ3v) is 10.7. The number of hydrogen-bond donors (Lipinski definition) is 4. The van der Waals surface area contributed by atoms with Gasteiger partial charge in [-0.3, -0.25) is 9.79 Å². The van der Waals surface area contributed by atoms with E-state index in [0.29, 0.717) is 24.0 Å². The van der Waals surface area contributed by atoms with Crippen molar-refractivity contribution >= 4 is 28.0 Å². The zero-order chi connectivity index (χ0) is 35.5. The lowest BCUT2D eigenvalue weighted by atomic mass is 9.94. The van der Waals surface area contributed by atoms with Gasteiger partial charge >= 0.3 is 6.09 Å². The fourth-order valence-corrected chi connectivity index (χ4v) is 8.20. The first-order valence-corrected chi connectivity index (χ1v) is 17.7. The van der Waals surface area contributed by atoms with Crippen LogP contribution in [0.3, 0.4) is 0 Å². The Balaban J connectivity index is 1.20.